The van der Waals surface area contributed by atoms with Crippen molar-refractivity contribution >= 4 is 15.7 Å². The van der Waals surface area contributed by atoms with Gasteiger partial charge in [0.25, 0.3) is 0 Å². The highest BCUT2D eigenvalue weighted by atomic mass is 32.2. The van der Waals surface area contributed by atoms with E-state index in [1.54, 1.807) is 11.9 Å². The number of carbonyl (C=O) groups excluding carboxylic acids is 1. The first-order chi connectivity index (χ1) is 8.85. The molecule has 0 radical (unpaired) electrons. The zero-order valence-corrected chi connectivity index (χ0v) is 12.3. The lowest BCUT2D eigenvalue weighted by molar-refractivity contribution is -0.130. The van der Waals surface area contributed by atoms with Crippen LogP contribution in [0.3, 0.4) is 0 Å². The van der Waals surface area contributed by atoms with Gasteiger partial charge in [-0.2, -0.15) is 5.26 Å². The molecule has 6 nitrogen and oxygen atoms in total. The van der Waals surface area contributed by atoms with Gasteiger partial charge in [-0.3, -0.25) is 9.69 Å². The van der Waals surface area contributed by atoms with E-state index in [1.165, 1.54) is 0 Å². The van der Waals surface area contributed by atoms with Crippen LogP contribution >= 0.6 is 0 Å². The minimum absolute atomic E-state index is 0.00381. The molecule has 0 bridgehead atoms. The van der Waals surface area contributed by atoms with E-state index in [1.807, 2.05) is 17.9 Å². The molecule has 1 unspecified atom stereocenters. The van der Waals surface area contributed by atoms with Gasteiger partial charge in [-0.1, -0.05) is 0 Å². The minimum Gasteiger partial charge on any atom is -0.345 e. The van der Waals surface area contributed by atoms with Gasteiger partial charge in [0, 0.05) is 39.1 Å². The van der Waals surface area contributed by atoms with Gasteiger partial charge in [0.05, 0.1) is 24.0 Å². The molecule has 19 heavy (non-hydrogen) atoms. The zero-order chi connectivity index (χ0) is 14.5. The Morgan fingerprint density at radius 3 is 2.79 bits per heavy atom. The molecule has 108 valence electrons. The Morgan fingerprint density at radius 1 is 1.53 bits per heavy atom. The monoisotopic (exact) mass is 287 g/mol. The standard InChI is InChI=1S/C12H21N3O3S/c1-11-10-19(17,18)9-8-15(11)7-4-12(16)14(2)6-3-5-13/h11H,3-4,6-10H2,1-2H3. The van der Waals surface area contributed by atoms with Crippen molar-refractivity contribution in [1.29, 1.82) is 5.26 Å². The van der Waals surface area contributed by atoms with E-state index in [-0.39, 0.29) is 23.5 Å². The fourth-order valence-electron chi connectivity index (χ4n) is 2.14. The van der Waals surface area contributed by atoms with Crippen molar-refractivity contribution in [2.24, 2.45) is 0 Å². The van der Waals surface area contributed by atoms with Gasteiger partial charge in [0.15, 0.2) is 9.84 Å². The topological polar surface area (TPSA) is 81.5 Å². The highest BCUT2D eigenvalue weighted by molar-refractivity contribution is 7.91. The summed E-state index contributed by atoms with van der Waals surface area (Å²) in [6.07, 6.45) is 0.701. The second-order valence-electron chi connectivity index (χ2n) is 4.97. The van der Waals surface area contributed by atoms with Crippen molar-refractivity contribution in [2.75, 3.05) is 38.2 Å². The average Bonchev–Trinajstić information content (AvgIpc) is 2.33. The molecule has 0 aromatic carbocycles. The molecule has 1 saturated heterocycles. The van der Waals surface area contributed by atoms with Crippen molar-refractivity contribution < 1.29 is 13.2 Å². The van der Waals surface area contributed by atoms with Gasteiger partial charge < -0.3 is 4.90 Å². The predicted octanol–water partition coefficient (Wildman–Crippen LogP) is -0.133. The molecule has 1 amide bonds. The predicted molar refractivity (Wildman–Crippen MR) is 72.2 cm³/mol. The summed E-state index contributed by atoms with van der Waals surface area (Å²) in [7, 11) is -1.22. The Hall–Kier alpha value is -1.13. The SMILES string of the molecule is CC1CS(=O)(=O)CCN1CCC(=O)N(C)CCC#N. The van der Waals surface area contributed by atoms with Crippen molar-refractivity contribution in [3.8, 4) is 6.07 Å². The Kier molecular flexibility index (Phi) is 5.76. The van der Waals surface area contributed by atoms with Gasteiger partial charge in [-0.25, -0.2) is 8.42 Å². The maximum absolute atomic E-state index is 11.8. The summed E-state index contributed by atoms with van der Waals surface area (Å²) in [6, 6.07) is 1.97. The van der Waals surface area contributed by atoms with Gasteiger partial charge in [-0.15, -0.1) is 0 Å². The molecular formula is C12H21N3O3S. The average molecular weight is 287 g/mol. The van der Waals surface area contributed by atoms with E-state index >= 15 is 0 Å². The molecule has 0 aromatic heterocycles. The molecular weight excluding hydrogens is 266 g/mol. The lowest BCUT2D eigenvalue weighted by atomic mass is 10.2. The third-order valence-electron chi connectivity index (χ3n) is 3.41. The van der Waals surface area contributed by atoms with E-state index in [9.17, 15) is 13.2 Å². The van der Waals surface area contributed by atoms with Crippen LogP contribution in [-0.4, -0.2) is 68.4 Å². The summed E-state index contributed by atoms with van der Waals surface area (Å²) in [5.41, 5.74) is 0. The fraction of sp³-hybridized carbons (Fsp3) is 0.833. The second kappa shape index (κ2) is 6.87. The first kappa shape index (κ1) is 15.9. The fourth-order valence-corrected chi connectivity index (χ4v) is 3.76. The van der Waals surface area contributed by atoms with Crippen LogP contribution in [0.1, 0.15) is 19.8 Å². The van der Waals surface area contributed by atoms with Crippen molar-refractivity contribution in [1.82, 2.24) is 9.80 Å². The molecule has 1 aliphatic heterocycles. The van der Waals surface area contributed by atoms with E-state index in [4.69, 9.17) is 5.26 Å². The normalized spacial score (nSPS) is 22.7. The molecule has 1 fully saturated rings. The molecule has 0 aliphatic carbocycles. The Bertz CT molecular complexity index is 455. The molecule has 1 atom stereocenters. The van der Waals surface area contributed by atoms with Crippen LogP contribution in [0.15, 0.2) is 0 Å². The number of carbonyl (C=O) groups is 1. The molecule has 0 saturated carbocycles. The van der Waals surface area contributed by atoms with Crippen molar-refractivity contribution in [3.63, 3.8) is 0 Å². The van der Waals surface area contributed by atoms with E-state index in [0.29, 0.717) is 32.5 Å². The number of sulfone groups is 1. The molecule has 0 aromatic rings. The molecule has 7 heteroatoms. The summed E-state index contributed by atoms with van der Waals surface area (Å²) in [5.74, 6) is 0.345. The van der Waals surface area contributed by atoms with Gasteiger partial charge in [0.1, 0.15) is 0 Å². The third-order valence-corrected chi connectivity index (χ3v) is 5.20. The largest absolute Gasteiger partial charge is 0.345 e. The second-order valence-corrected chi connectivity index (χ2v) is 7.20. The lowest BCUT2D eigenvalue weighted by Crippen LogP contribution is -2.48. The summed E-state index contributed by atoms with van der Waals surface area (Å²) in [6.45, 7) is 3.39. The van der Waals surface area contributed by atoms with Crippen LogP contribution in [0.25, 0.3) is 0 Å². The summed E-state index contributed by atoms with van der Waals surface area (Å²) >= 11 is 0. The smallest absolute Gasteiger partial charge is 0.223 e. The lowest BCUT2D eigenvalue weighted by Gasteiger charge is -2.33. The third kappa shape index (κ3) is 5.17. The maximum atomic E-state index is 11.8. The van der Waals surface area contributed by atoms with E-state index in [0.717, 1.165) is 0 Å². The highest BCUT2D eigenvalue weighted by Crippen LogP contribution is 2.12. The molecule has 1 aliphatic rings. The minimum atomic E-state index is -2.90. The first-order valence-electron chi connectivity index (χ1n) is 6.41. The quantitative estimate of drug-likeness (QED) is 0.703. The van der Waals surface area contributed by atoms with Crippen LogP contribution in [0, 0.1) is 11.3 Å². The summed E-state index contributed by atoms with van der Waals surface area (Å²) in [5, 5.41) is 8.46. The zero-order valence-electron chi connectivity index (χ0n) is 11.5. The van der Waals surface area contributed by atoms with Gasteiger partial charge >= 0.3 is 0 Å². The van der Waals surface area contributed by atoms with Crippen LogP contribution < -0.4 is 0 Å². The number of hydrogen-bond donors (Lipinski definition) is 0. The Morgan fingerprint density at radius 2 is 2.21 bits per heavy atom. The van der Waals surface area contributed by atoms with Gasteiger partial charge in [0.2, 0.25) is 5.91 Å². The number of nitriles is 1. The summed E-state index contributed by atoms with van der Waals surface area (Å²) in [4.78, 5) is 15.4. The van der Waals surface area contributed by atoms with Gasteiger partial charge in [-0.05, 0) is 6.92 Å². The van der Waals surface area contributed by atoms with Crippen LogP contribution in [0.4, 0.5) is 0 Å². The van der Waals surface area contributed by atoms with Crippen LogP contribution in [0.2, 0.25) is 0 Å². The summed E-state index contributed by atoms with van der Waals surface area (Å²) < 4.78 is 22.9. The molecule has 0 spiro atoms. The Balaban J connectivity index is 2.37. The molecule has 1 rings (SSSR count). The van der Waals surface area contributed by atoms with Crippen molar-refractivity contribution in [2.45, 2.75) is 25.8 Å². The number of rotatable bonds is 5. The van der Waals surface area contributed by atoms with E-state index < -0.39 is 9.84 Å². The van der Waals surface area contributed by atoms with Crippen molar-refractivity contribution in [3.05, 3.63) is 0 Å². The van der Waals surface area contributed by atoms with Crippen LogP contribution in [-0.2, 0) is 14.6 Å². The number of hydrogen-bond acceptors (Lipinski definition) is 5. The van der Waals surface area contributed by atoms with E-state index in [2.05, 4.69) is 0 Å². The number of amides is 1. The molecule has 0 N–H and O–H groups in total. The Labute approximate surface area is 114 Å². The highest BCUT2D eigenvalue weighted by Gasteiger charge is 2.28. The first-order valence-corrected chi connectivity index (χ1v) is 8.23. The maximum Gasteiger partial charge on any atom is 0.223 e. The number of nitrogens with zero attached hydrogens (tertiary/aromatic N) is 3. The van der Waals surface area contributed by atoms with Crippen LogP contribution in [0.5, 0.6) is 0 Å². The molecule has 1 heterocycles.